The normalized spacial score (nSPS) is 12.5. The lowest BCUT2D eigenvalue weighted by Crippen LogP contribution is -2.44. The number of hydrogen-bond donors (Lipinski definition) is 1. The fourth-order valence-corrected chi connectivity index (χ4v) is 2.18. The molecule has 0 fully saturated rings. The Hall–Kier alpha value is -1.52. The average molecular weight is 330 g/mol. The summed E-state index contributed by atoms with van der Waals surface area (Å²) in [6.07, 6.45) is 2.79. The second-order valence-corrected chi connectivity index (χ2v) is 5.54. The fraction of sp³-hybridized carbons (Fsp3) is 0.333. The summed E-state index contributed by atoms with van der Waals surface area (Å²) in [5.74, 6) is -0.990. The Balaban J connectivity index is 2.81. The van der Waals surface area contributed by atoms with Crippen LogP contribution in [0.4, 0.5) is 0 Å². The first-order chi connectivity index (χ1) is 9.86. The third kappa shape index (κ3) is 5.06. The Morgan fingerprint density at radius 2 is 1.81 bits per heavy atom. The van der Waals surface area contributed by atoms with Gasteiger partial charge in [0.25, 0.3) is 0 Å². The molecule has 1 N–H and O–H groups in total. The van der Waals surface area contributed by atoms with Gasteiger partial charge in [-0.3, -0.25) is 4.79 Å². The molecule has 114 valence electrons. The second-order valence-electron chi connectivity index (χ2n) is 4.72. The third-order valence-corrected chi connectivity index (χ3v) is 3.48. The van der Waals surface area contributed by atoms with Gasteiger partial charge in [-0.05, 0) is 24.1 Å². The highest BCUT2D eigenvalue weighted by atomic mass is 35.5. The number of carbonyl (C=O) groups is 2. The van der Waals surface area contributed by atoms with Crippen LogP contribution in [0.3, 0.4) is 0 Å². The first kappa shape index (κ1) is 17.5. The van der Waals surface area contributed by atoms with Gasteiger partial charge in [-0.2, -0.15) is 0 Å². The molecule has 4 nitrogen and oxygen atoms in total. The van der Waals surface area contributed by atoms with Crippen LogP contribution in [0.25, 0.3) is 6.08 Å². The molecule has 0 aromatic heterocycles. The van der Waals surface area contributed by atoms with Crippen molar-refractivity contribution in [3.63, 3.8) is 0 Å². The lowest BCUT2D eigenvalue weighted by Gasteiger charge is -2.18. The largest absolute Gasteiger partial charge is 0.467 e. The summed E-state index contributed by atoms with van der Waals surface area (Å²) >= 11 is 12.0. The molecule has 1 rings (SSSR count). The highest BCUT2D eigenvalue weighted by Gasteiger charge is 2.23. The Morgan fingerprint density at radius 3 is 2.29 bits per heavy atom. The maximum atomic E-state index is 11.9. The summed E-state index contributed by atoms with van der Waals surface area (Å²) in [7, 11) is 1.28. The van der Waals surface area contributed by atoms with Crippen LogP contribution in [0.5, 0.6) is 0 Å². The Morgan fingerprint density at radius 1 is 1.24 bits per heavy atom. The Bertz CT molecular complexity index is 536. The first-order valence-electron chi connectivity index (χ1n) is 6.37. The molecule has 1 aromatic rings. The van der Waals surface area contributed by atoms with E-state index in [4.69, 9.17) is 23.2 Å². The number of carbonyl (C=O) groups excluding carboxylic acids is 2. The van der Waals surface area contributed by atoms with Crippen LogP contribution < -0.4 is 5.32 Å². The van der Waals surface area contributed by atoms with Gasteiger partial charge in [0.2, 0.25) is 5.91 Å². The van der Waals surface area contributed by atoms with Gasteiger partial charge < -0.3 is 10.1 Å². The molecular weight excluding hydrogens is 313 g/mol. The van der Waals surface area contributed by atoms with Crippen molar-refractivity contribution in [2.75, 3.05) is 7.11 Å². The van der Waals surface area contributed by atoms with Crippen molar-refractivity contribution >= 4 is 41.2 Å². The second kappa shape index (κ2) is 8.05. The predicted octanol–water partition coefficient (Wildman–Crippen LogP) is 3.32. The van der Waals surface area contributed by atoms with E-state index in [-0.39, 0.29) is 5.92 Å². The topological polar surface area (TPSA) is 55.4 Å². The minimum atomic E-state index is -0.700. The van der Waals surface area contributed by atoms with Gasteiger partial charge in [0.15, 0.2) is 0 Å². The van der Waals surface area contributed by atoms with Crippen LogP contribution in [-0.4, -0.2) is 25.0 Å². The molecule has 0 bridgehead atoms. The molecule has 0 saturated heterocycles. The van der Waals surface area contributed by atoms with Crippen molar-refractivity contribution in [1.82, 2.24) is 5.32 Å². The number of amides is 1. The van der Waals surface area contributed by atoms with Gasteiger partial charge in [0.05, 0.1) is 7.11 Å². The molecule has 0 aliphatic carbocycles. The van der Waals surface area contributed by atoms with Gasteiger partial charge in [-0.1, -0.05) is 43.1 Å². The average Bonchev–Trinajstić information content (AvgIpc) is 2.43. The van der Waals surface area contributed by atoms with Crippen LogP contribution in [0.2, 0.25) is 10.0 Å². The number of ether oxygens (including phenoxy) is 1. The van der Waals surface area contributed by atoms with Crippen molar-refractivity contribution in [1.29, 1.82) is 0 Å². The molecule has 0 heterocycles. The molecule has 0 saturated carbocycles. The van der Waals surface area contributed by atoms with Crippen LogP contribution in [0, 0.1) is 5.92 Å². The molecule has 21 heavy (non-hydrogen) atoms. The molecular formula is C15H17Cl2NO3. The van der Waals surface area contributed by atoms with E-state index >= 15 is 0 Å². The van der Waals surface area contributed by atoms with Gasteiger partial charge >= 0.3 is 5.97 Å². The van der Waals surface area contributed by atoms with Crippen LogP contribution in [0.1, 0.15) is 19.4 Å². The molecule has 0 aliphatic heterocycles. The highest BCUT2D eigenvalue weighted by Crippen LogP contribution is 2.25. The standard InChI is InChI=1S/C15H17Cl2NO3/c1-9(2)14(15(20)21-3)18-13(19)8-7-10-11(16)5-4-6-12(10)17/h4-9,14H,1-3H3,(H,18,19)/t14-/m0/s1. The van der Waals surface area contributed by atoms with Gasteiger partial charge in [-0.15, -0.1) is 0 Å². The summed E-state index contributed by atoms with van der Waals surface area (Å²) in [6.45, 7) is 3.63. The van der Waals surface area contributed by atoms with E-state index in [1.165, 1.54) is 19.3 Å². The Labute approximate surface area is 134 Å². The number of methoxy groups -OCH3 is 1. The summed E-state index contributed by atoms with van der Waals surface area (Å²) < 4.78 is 4.66. The number of hydrogen-bond acceptors (Lipinski definition) is 3. The molecule has 0 radical (unpaired) electrons. The van der Waals surface area contributed by atoms with E-state index in [0.29, 0.717) is 15.6 Å². The molecule has 1 atom stereocenters. The maximum Gasteiger partial charge on any atom is 0.328 e. The lowest BCUT2D eigenvalue weighted by molar-refractivity contribution is -0.145. The molecule has 0 spiro atoms. The lowest BCUT2D eigenvalue weighted by atomic mass is 10.0. The number of nitrogens with one attached hydrogen (secondary N) is 1. The smallest absolute Gasteiger partial charge is 0.328 e. The predicted molar refractivity (Wildman–Crippen MR) is 84.3 cm³/mol. The number of rotatable bonds is 5. The SMILES string of the molecule is COC(=O)[C@@H](NC(=O)C=Cc1c(Cl)cccc1Cl)C(C)C. The molecule has 0 unspecified atom stereocenters. The van der Waals surface area contributed by atoms with E-state index in [2.05, 4.69) is 10.1 Å². The maximum absolute atomic E-state index is 11.9. The van der Waals surface area contributed by atoms with Crippen molar-refractivity contribution in [3.8, 4) is 0 Å². The van der Waals surface area contributed by atoms with Gasteiger partial charge in [0, 0.05) is 21.7 Å². The highest BCUT2D eigenvalue weighted by molar-refractivity contribution is 6.37. The van der Waals surface area contributed by atoms with E-state index in [1.54, 1.807) is 18.2 Å². The Kier molecular flexibility index (Phi) is 6.72. The van der Waals surface area contributed by atoms with Crippen LogP contribution >= 0.6 is 23.2 Å². The van der Waals surface area contributed by atoms with Crippen LogP contribution in [0.15, 0.2) is 24.3 Å². The zero-order valence-corrected chi connectivity index (χ0v) is 13.5. The molecule has 6 heteroatoms. The van der Waals surface area contributed by atoms with Crippen molar-refractivity contribution in [3.05, 3.63) is 39.9 Å². The minimum Gasteiger partial charge on any atom is -0.467 e. The fourth-order valence-electron chi connectivity index (χ4n) is 1.66. The van der Waals surface area contributed by atoms with E-state index in [1.807, 2.05) is 13.8 Å². The monoisotopic (exact) mass is 329 g/mol. The quantitative estimate of drug-likeness (QED) is 0.666. The molecule has 0 aliphatic rings. The molecule has 1 aromatic carbocycles. The molecule has 1 amide bonds. The van der Waals surface area contributed by atoms with Crippen LogP contribution in [-0.2, 0) is 14.3 Å². The minimum absolute atomic E-state index is 0.0845. The summed E-state index contributed by atoms with van der Waals surface area (Å²) in [5.41, 5.74) is 0.551. The third-order valence-electron chi connectivity index (χ3n) is 2.82. The summed E-state index contributed by atoms with van der Waals surface area (Å²) in [4.78, 5) is 23.5. The number of benzene rings is 1. The zero-order valence-electron chi connectivity index (χ0n) is 12.0. The van der Waals surface area contributed by atoms with E-state index < -0.39 is 17.9 Å². The number of esters is 1. The van der Waals surface area contributed by atoms with Crippen molar-refractivity contribution in [2.24, 2.45) is 5.92 Å². The summed E-state index contributed by atoms with van der Waals surface area (Å²) in [5, 5.41) is 3.48. The van der Waals surface area contributed by atoms with E-state index in [9.17, 15) is 9.59 Å². The van der Waals surface area contributed by atoms with E-state index in [0.717, 1.165) is 0 Å². The summed E-state index contributed by atoms with van der Waals surface area (Å²) in [6, 6.07) is 4.37. The van der Waals surface area contributed by atoms with Gasteiger partial charge in [0.1, 0.15) is 6.04 Å². The zero-order chi connectivity index (χ0) is 16.0. The van der Waals surface area contributed by atoms with Gasteiger partial charge in [-0.25, -0.2) is 4.79 Å². The van der Waals surface area contributed by atoms with Crippen molar-refractivity contribution in [2.45, 2.75) is 19.9 Å². The first-order valence-corrected chi connectivity index (χ1v) is 7.12. The van der Waals surface area contributed by atoms with Crippen molar-refractivity contribution < 1.29 is 14.3 Å². The number of halogens is 2.